The fraction of sp³-hybridized carbons (Fsp3) is 0.412. The number of urea groups is 1. The number of rotatable bonds is 5. The number of benzene rings is 1. The van der Waals surface area contributed by atoms with Gasteiger partial charge in [-0.3, -0.25) is 5.32 Å². The SMILES string of the molecule is Cc1cc(NC(=O)N(CCCO)[C@H]2CCc3ccccc32)sn1. The molecular formula is C17H21N3O2S. The monoisotopic (exact) mass is 331 g/mol. The first kappa shape index (κ1) is 16.0. The topological polar surface area (TPSA) is 65.5 Å². The van der Waals surface area contributed by atoms with Crippen molar-refractivity contribution in [1.29, 1.82) is 0 Å². The number of anilines is 1. The number of aliphatic hydroxyl groups excluding tert-OH is 1. The lowest BCUT2D eigenvalue weighted by molar-refractivity contribution is 0.177. The van der Waals surface area contributed by atoms with Gasteiger partial charge in [-0.05, 0) is 54.9 Å². The van der Waals surface area contributed by atoms with Gasteiger partial charge in [-0.25, -0.2) is 4.79 Å². The van der Waals surface area contributed by atoms with Crippen LogP contribution in [0.4, 0.5) is 9.80 Å². The molecule has 1 heterocycles. The highest BCUT2D eigenvalue weighted by Crippen LogP contribution is 2.36. The first-order valence-electron chi connectivity index (χ1n) is 7.88. The summed E-state index contributed by atoms with van der Waals surface area (Å²) in [6.07, 6.45) is 2.50. The second-order valence-corrected chi connectivity index (χ2v) is 6.59. The van der Waals surface area contributed by atoms with E-state index < -0.39 is 0 Å². The number of hydrogen-bond acceptors (Lipinski definition) is 4. The molecule has 122 valence electrons. The van der Waals surface area contributed by atoms with E-state index >= 15 is 0 Å². The van der Waals surface area contributed by atoms with Crippen molar-refractivity contribution in [2.45, 2.75) is 32.2 Å². The lowest BCUT2D eigenvalue weighted by Gasteiger charge is -2.29. The maximum Gasteiger partial charge on any atom is 0.323 e. The Hall–Kier alpha value is -1.92. The van der Waals surface area contributed by atoms with E-state index in [1.54, 1.807) is 0 Å². The van der Waals surface area contributed by atoms with Gasteiger partial charge in [0.15, 0.2) is 0 Å². The van der Waals surface area contributed by atoms with Crippen LogP contribution in [0.5, 0.6) is 0 Å². The van der Waals surface area contributed by atoms with Crippen molar-refractivity contribution in [1.82, 2.24) is 9.27 Å². The van der Waals surface area contributed by atoms with Crippen LogP contribution in [0.1, 0.15) is 35.7 Å². The molecule has 0 saturated heterocycles. The number of amides is 2. The normalized spacial score (nSPS) is 16.2. The van der Waals surface area contributed by atoms with Crippen LogP contribution in [0.2, 0.25) is 0 Å². The number of carbonyl (C=O) groups excluding carboxylic acids is 1. The molecule has 0 bridgehead atoms. The van der Waals surface area contributed by atoms with Crippen molar-refractivity contribution in [3.63, 3.8) is 0 Å². The number of carbonyl (C=O) groups is 1. The molecule has 3 rings (SSSR count). The van der Waals surface area contributed by atoms with Gasteiger partial charge >= 0.3 is 6.03 Å². The van der Waals surface area contributed by atoms with E-state index in [-0.39, 0.29) is 18.7 Å². The van der Waals surface area contributed by atoms with Gasteiger partial charge in [0.05, 0.1) is 11.7 Å². The maximum absolute atomic E-state index is 12.7. The van der Waals surface area contributed by atoms with E-state index in [1.165, 1.54) is 22.7 Å². The van der Waals surface area contributed by atoms with Gasteiger partial charge in [-0.1, -0.05) is 24.3 Å². The van der Waals surface area contributed by atoms with Crippen molar-refractivity contribution in [3.8, 4) is 0 Å². The van der Waals surface area contributed by atoms with Crippen LogP contribution in [-0.4, -0.2) is 33.6 Å². The minimum absolute atomic E-state index is 0.0757. The molecule has 23 heavy (non-hydrogen) atoms. The lowest BCUT2D eigenvalue weighted by Crippen LogP contribution is -2.38. The van der Waals surface area contributed by atoms with Crippen LogP contribution < -0.4 is 5.32 Å². The third-order valence-corrected chi connectivity index (χ3v) is 4.95. The smallest absolute Gasteiger partial charge is 0.323 e. The Bertz CT molecular complexity index is 686. The van der Waals surface area contributed by atoms with Gasteiger partial charge in [0.1, 0.15) is 5.00 Å². The molecule has 1 aliphatic carbocycles. The Morgan fingerprint density at radius 2 is 2.30 bits per heavy atom. The highest BCUT2D eigenvalue weighted by atomic mass is 32.1. The first-order valence-corrected chi connectivity index (χ1v) is 8.66. The average Bonchev–Trinajstić information content (AvgIpc) is 3.15. The van der Waals surface area contributed by atoms with Gasteiger partial charge in [0.25, 0.3) is 0 Å². The van der Waals surface area contributed by atoms with Gasteiger partial charge in [-0.15, -0.1) is 0 Å². The van der Waals surface area contributed by atoms with E-state index in [0.717, 1.165) is 23.5 Å². The first-order chi connectivity index (χ1) is 11.2. The molecule has 1 atom stereocenters. The third kappa shape index (κ3) is 3.54. The number of nitrogens with one attached hydrogen (secondary N) is 1. The summed E-state index contributed by atoms with van der Waals surface area (Å²) in [4.78, 5) is 14.6. The molecule has 1 aromatic heterocycles. The van der Waals surface area contributed by atoms with Crippen molar-refractivity contribution in [2.24, 2.45) is 0 Å². The molecule has 2 amide bonds. The average molecular weight is 331 g/mol. The number of aryl methyl sites for hydroxylation is 2. The molecule has 0 aliphatic heterocycles. The zero-order chi connectivity index (χ0) is 16.2. The number of hydrogen-bond donors (Lipinski definition) is 2. The van der Waals surface area contributed by atoms with Crippen LogP contribution in [0, 0.1) is 6.92 Å². The second-order valence-electron chi connectivity index (χ2n) is 5.79. The Labute approximate surface area is 140 Å². The Morgan fingerprint density at radius 1 is 1.48 bits per heavy atom. The molecule has 6 heteroatoms. The number of aliphatic hydroxyl groups is 1. The molecule has 2 N–H and O–H groups in total. The van der Waals surface area contributed by atoms with Gasteiger partial charge < -0.3 is 10.0 Å². The molecule has 2 aromatic rings. The molecule has 0 radical (unpaired) electrons. The zero-order valence-electron chi connectivity index (χ0n) is 13.2. The van der Waals surface area contributed by atoms with E-state index in [1.807, 2.05) is 30.0 Å². The molecule has 5 nitrogen and oxygen atoms in total. The highest BCUT2D eigenvalue weighted by Gasteiger charge is 2.30. The summed E-state index contributed by atoms with van der Waals surface area (Å²) >= 11 is 1.29. The minimum atomic E-state index is -0.121. The minimum Gasteiger partial charge on any atom is -0.396 e. The standard InChI is InChI=1S/C17H21N3O2S/c1-12-11-16(23-19-12)18-17(22)20(9-4-10-21)15-8-7-13-5-2-3-6-14(13)15/h2-3,5-6,11,15,21H,4,7-10H2,1H3,(H,18,22)/t15-/m0/s1. The van der Waals surface area contributed by atoms with Gasteiger partial charge in [0, 0.05) is 13.2 Å². The van der Waals surface area contributed by atoms with E-state index in [2.05, 4.69) is 21.8 Å². The van der Waals surface area contributed by atoms with E-state index in [4.69, 9.17) is 5.11 Å². The third-order valence-electron chi connectivity index (χ3n) is 4.15. The quantitative estimate of drug-likeness (QED) is 0.883. The summed E-state index contributed by atoms with van der Waals surface area (Å²) < 4.78 is 4.19. The van der Waals surface area contributed by atoms with E-state index in [0.29, 0.717) is 13.0 Å². The van der Waals surface area contributed by atoms with Crippen LogP contribution in [0.25, 0.3) is 0 Å². The molecule has 0 fully saturated rings. The fourth-order valence-electron chi connectivity index (χ4n) is 3.10. The van der Waals surface area contributed by atoms with Crippen molar-refractivity contribution in [2.75, 3.05) is 18.5 Å². The molecule has 0 spiro atoms. The summed E-state index contributed by atoms with van der Waals surface area (Å²) in [5.41, 5.74) is 3.44. The number of aromatic nitrogens is 1. The van der Waals surface area contributed by atoms with Crippen LogP contribution in [-0.2, 0) is 6.42 Å². The molecule has 1 aliphatic rings. The van der Waals surface area contributed by atoms with Crippen LogP contribution in [0.3, 0.4) is 0 Å². The van der Waals surface area contributed by atoms with Crippen LogP contribution >= 0.6 is 11.5 Å². The fourth-order valence-corrected chi connectivity index (χ4v) is 3.75. The molecule has 1 aromatic carbocycles. The lowest BCUT2D eigenvalue weighted by atomic mass is 10.1. The van der Waals surface area contributed by atoms with Crippen molar-refractivity contribution < 1.29 is 9.90 Å². The predicted molar refractivity (Wildman–Crippen MR) is 91.8 cm³/mol. The summed E-state index contributed by atoms with van der Waals surface area (Å²) in [6.45, 7) is 2.53. The molecule has 0 saturated carbocycles. The zero-order valence-corrected chi connectivity index (χ0v) is 14.0. The summed E-state index contributed by atoms with van der Waals surface area (Å²) in [7, 11) is 0. The van der Waals surface area contributed by atoms with Gasteiger partial charge in [-0.2, -0.15) is 4.37 Å². The largest absolute Gasteiger partial charge is 0.396 e. The Balaban J connectivity index is 1.79. The van der Waals surface area contributed by atoms with Gasteiger partial charge in [0.2, 0.25) is 0 Å². The van der Waals surface area contributed by atoms with Crippen LogP contribution in [0.15, 0.2) is 30.3 Å². The second kappa shape index (κ2) is 7.10. The predicted octanol–water partition coefficient (Wildman–Crippen LogP) is 3.36. The molecular weight excluding hydrogens is 310 g/mol. The van der Waals surface area contributed by atoms with Crippen molar-refractivity contribution in [3.05, 3.63) is 47.2 Å². The number of nitrogens with zero attached hydrogens (tertiary/aromatic N) is 2. The Kier molecular flexibility index (Phi) is 4.93. The number of fused-ring (bicyclic) bond motifs is 1. The Morgan fingerprint density at radius 3 is 3.04 bits per heavy atom. The summed E-state index contributed by atoms with van der Waals surface area (Å²) in [5.74, 6) is 0. The van der Waals surface area contributed by atoms with E-state index in [9.17, 15) is 4.79 Å². The maximum atomic E-state index is 12.7. The summed E-state index contributed by atoms with van der Waals surface area (Å²) in [6, 6.07) is 10.1. The summed E-state index contributed by atoms with van der Waals surface area (Å²) in [5, 5.41) is 12.9. The molecule has 0 unspecified atom stereocenters. The van der Waals surface area contributed by atoms with Crippen molar-refractivity contribution >= 4 is 22.6 Å². The highest BCUT2D eigenvalue weighted by molar-refractivity contribution is 7.10.